The standard InChI is InChI=1S/C53H53F2N3/c1-50(2,3)31-16-20-35-36-21-17-32(51(4,5)6)27-45(36)57(44(35)26-31)43-25-24-39(48-41(54)14-13-15-42(48)55)49(40(43)30-56)58-46-28-33(52(7,8)9)18-22-37(46)38-23-19-34(29-47(38)58)53(10,11)12/h13-29H,1-12H3. The predicted molar refractivity (Wildman–Crippen MR) is 240 cm³/mol. The third-order valence-corrected chi connectivity index (χ3v) is 12.0. The van der Waals surface area contributed by atoms with E-state index in [1.54, 1.807) is 0 Å². The Labute approximate surface area is 341 Å². The number of hydrogen-bond donors (Lipinski definition) is 0. The van der Waals surface area contributed by atoms with E-state index in [9.17, 15) is 5.26 Å². The minimum atomic E-state index is -0.689. The van der Waals surface area contributed by atoms with Crippen LogP contribution in [0.15, 0.2) is 103 Å². The molecule has 0 unspecified atom stereocenters. The van der Waals surface area contributed by atoms with Gasteiger partial charge < -0.3 is 9.13 Å². The molecule has 294 valence electrons. The van der Waals surface area contributed by atoms with Gasteiger partial charge in [0, 0.05) is 27.1 Å². The first-order valence-corrected chi connectivity index (χ1v) is 20.3. The van der Waals surface area contributed by atoms with Gasteiger partial charge >= 0.3 is 0 Å². The monoisotopic (exact) mass is 769 g/mol. The first-order valence-electron chi connectivity index (χ1n) is 20.3. The molecule has 3 nitrogen and oxygen atoms in total. The van der Waals surface area contributed by atoms with Crippen LogP contribution in [0.1, 0.15) is 111 Å². The summed E-state index contributed by atoms with van der Waals surface area (Å²) in [5.74, 6) is -1.38. The molecule has 0 radical (unpaired) electrons. The van der Waals surface area contributed by atoms with Gasteiger partial charge in [0.15, 0.2) is 0 Å². The molecule has 2 aromatic heterocycles. The Balaban J connectivity index is 1.63. The first-order chi connectivity index (χ1) is 27.1. The van der Waals surface area contributed by atoms with E-state index in [-0.39, 0.29) is 27.2 Å². The second kappa shape index (κ2) is 13.1. The molecule has 58 heavy (non-hydrogen) atoms. The highest BCUT2D eigenvalue weighted by Gasteiger charge is 2.29. The van der Waals surface area contributed by atoms with Gasteiger partial charge in [-0.2, -0.15) is 5.26 Å². The summed E-state index contributed by atoms with van der Waals surface area (Å²) >= 11 is 0. The van der Waals surface area contributed by atoms with Crippen molar-refractivity contribution in [3.8, 4) is 28.6 Å². The van der Waals surface area contributed by atoms with Crippen LogP contribution in [0, 0.1) is 23.0 Å². The number of nitrogens with zero attached hydrogens (tertiary/aromatic N) is 3. The Hall–Kier alpha value is -5.73. The van der Waals surface area contributed by atoms with Crippen molar-refractivity contribution in [1.29, 1.82) is 5.26 Å². The zero-order valence-electron chi connectivity index (χ0n) is 35.9. The lowest BCUT2D eigenvalue weighted by molar-refractivity contribution is 0.589. The van der Waals surface area contributed by atoms with Gasteiger partial charge in [-0.25, -0.2) is 8.78 Å². The number of hydrogen-bond acceptors (Lipinski definition) is 1. The largest absolute Gasteiger partial charge is 0.308 e. The summed E-state index contributed by atoms with van der Waals surface area (Å²) in [7, 11) is 0. The Morgan fingerprint density at radius 3 is 1.12 bits per heavy atom. The molecule has 0 aliphatic rings. The quantitative estimate of drug-likeness (QED) is 0.176. The van der Waals surface area contributed by atoms with Gasteiger partial charge in [0.25, 0.3) is 0 Å². The molecule has 8 rings (SSSR count). The number of halogens is 2. The predicted octanol–water partition coefficient (Wildman–Crippen LogP) is 14.9. The molecule has 6 aromatic carbocycles. The number of rotatable bonds is 3. The molecule has 0 saturated heterocycles. The van der Waals surface area contributed by atoms with Crippen molar-refractivity contribution in [2.24, 2.45) is 0 Å². The normalized spacial score (nSPS) is 13.0. The molecule has 0 fully saturated rings. The Morgan fingerprint density at radius 2 is 0.793 bits per heavy atom. The smallest absolute Gasteiger partial charge is 0.134 e. The maximum absolute atomic E-state index is 16.2. The summed E-state index contributed by atoms with van der Waals surface area (Å²) in [6, 6.07) is 36.6. The van der Waals surface area contributed by atoms with Gasteiger partial charge in [0.2, 0.25) is 0 Å². The lowest BCUT2D eigenvalue weighted by Gasteiger charge is -2.23. The van der Waals surface area contributed by atoms with Crippen LogP contribution in [-0.2, 0) is 21.7 Å². The van der Waals surface area contributed by atoms with Crippen LogP contribution in [0.4, 0.5) is 8.78 Å². The molecule has 0 amide bonds. The third-order valence-electron chi connectivity index (χ3n) is 12.0. The number of benzene rings is 6. The molecule has 0 bridgehead atoms. The van der Waals surface area contributed by atoms with Crippen molar-refractivity contribution < 1.29 is 8.78 Å². The van der Waals surface area contributed by atoms with Gasteiger partial charge in [0.05, 0.1) is 39.0 Å². The van der Waals surface area contributed by atoms with Crippen LogP contribution in [0.5, 0.6) is 0 Å². The maximum atomic E-state index is 16.2. The van der Waals surface area contributed by atoms with Crippen LogP contribution in [-0.4, -0.2) is 9.13 Å². The van der Waals surface area contributed by atoms with Gasteiger partial charge in [-0.3, -0.25) is 0 Å². The van der Waals surface area contributed by atoms with E-state index >= 15 is 8.78 Å². The fraction of sp³-hybridized carbons (Fsp3) is 0.302. The molecule has 0 spiro atoms. The minimum Gasteiger partial charge on any atom is -0.308 e. The van der Waals surface area contributed by atoms with Crippen LogP contribution in [0.3, 0.4) is 0 Å². The van der Waals surface area contributed by atoms with Crippen LogP contribution in [0.25, 0.3) is 66.1 Å². The second-order valence-corrected chi connectivity index (χ2v) is 20.2. The highest BCUT2D eigenvalue weighted by atomic mass is 19.1. The Kier molecular flexibility index (Phi) is 8.87. The molecule has 0 saturated carbocycles. The summed E-state index contributed by atoms with van der Waals surface area (Å²) in [6.45, 7) is 26.3. The van der Waals surface area contributed by atoms with Gasteiger partial charge in [0.1, 0.15) is 23.3 Å². The summed E-state index contributed by atoms with van der Waals surface area (Å²) in [6.07, 6.45) is 0. The summed E-state index contributed by atoms with van der Waals surface area (Å²) < 4.78 is 36.8. The zero-order chi connectivity index (χ0) is 41.9. The van der Waals surface area contributed by atoms with E-state index < -0.39 is 11.6 Å². The topological polar surface area (TPSA) is 33.6 Å². The number of aromatic nitrogens is 2. The van der Waals surface area contributed by atoms with Crippen LogP contribution < -0.4 is 0 Å². The maximum Gasteiger partial charge on any atom is 0.134 e. The van der Waals surface area contributed by atoms with Gasteiger partial charge in [-0.15, -0.1) is 0 Å². The molecule has 5 heteroatoms. The van der Waals surface area contributed by atoms with E-state index in [0.29, 0.717) is 22.5 Å². The molecule has 0 aliphatic carbocycles. The van der Waals surface area contributed by atoms with Crippen molar-refractivity contribution in [2.45, 2.75) is 105 Å². The second-order valence-electron chi connectivity index (χ2n) is 20.2. The Morgan fingerprint density at radius 1 is 0.448 bits per heavy atom. The SMILES string of the molecule is CC(C)(C)c1ccc2c3ccc(C(C)(C)C)cc3n(-c3ccc(-c4c(F)cccc4F)c(-n4c5cc(C(C)(C)C)ccc5c5ccc(C(C)(C)C)cc54)c3C#N)c2c1. The average Bonchev–Trinajstić information content (AvgIpc) is 3.64. The van der Waals surface area contributed by atoms with Crippen molar-refractivity contribution in [2.75, 3.05) is 0 Å². The van der Waals surface area contributed by atoms with E-state index in [4.69, 9.17) is 0 Å². The average molecular weight is 770 g/mol. The molecular formula is C53H53F2N3. The van der Waals surface area contributed by atoms with Crippen molar-refractivity contribution >= 4 is 43.6 Å². The van der Waals surface area contributed by atoms with Crippen molar-refractivity contribution in [3.05, 3.63) is 143 Å². The van der Waals surface area contributed by atoms with Gasteiger partial charge in [-0.1, -0.05) is 138 Å². The fourth-order valence-electron chi connectivity index (χ4n) is 8.47. The first kappa shape index (κ1) is 39.1. The van der Waals surface area contributed by atoms with E-state index in [1.165, 1.54) is 18.2 Å². The number of fused-ring (bicyclic) bond motifs is 6. The highest BCUT2D eigenvalue weighted by Crippen LogP contribution is 2.45. The van der Waals surface area contributed by atoms with Crippen LogP contribution >= 0.6 is 0 Å². The summed E-state index contributed by atoms with van der Waals surface area (Å²) in [4.78, 5) is 0. The number of nitriles is 1. The molecule has 8 aromatic rings. The minimum absolute atomic E-state index is 0.139. The lowest BCUT2D eigenvalue weighted by Crippen LogP contribution is -2.13. The van der Waals surface area contributed by atoms with Crippen molar-refractivity contribution in [3.63, 3.8) is 0 Å². The highest BCUT2D eigenvalue weighted by molar-refractivity contribution is 6.12. The lowest BCUT2D eigenvalue weighted by atomic mass is 9.86. The molecule has 0 N–H and O–H groups in total. The zero-order valence-corrected chi connectivity index (χ0v) is 35.9. The van der Waals surface area contributed by atoms with E-state index in [1.807, 2.05) is 12.1 Å². The molecular weight excluding hydrogens is 717 g/mol. The summed E-state index contributed by atoms with van der Waals surface area (Å²) in [5, 5.41) is 15.8. The van der Waals surface area contributed by atoms with E-state index in [2.05, 4.69) is 171 Å². The molecule has 2 heterocycles. The van der Waals surface area contributed by atoms with E-state index in [0.717, 1.165) is 65.9 Å². The van der Waals surface area contributed by atoms with Crippen LogP contribution in [0.2, 0.25) is 0 Å². The Bertz CT molecular complexity index is 2850. The molecule has 0 atom stereocenters. The van der Waals surface area contributed by atoms with Crippen molar-refractivity contribution in [1.82, 2.24) is 9.13 Å². The summed E-state index contributed by atoms with van der Waals surface area (Å²) in [5.41, 5.74) is 9.11. The fourth-order valence-corrected chi connectivity index (χ4v) is 8.47. The third kappa shape index (κ3) is 6.29. The van der Waals surface area contributed by atoms with Gasteiger partial charge in [-0.05, 0) is 92.4 Å². The molecule has 0 aliphatic heterocycles.